The molecule has 2 aromatic rings. The maximum atomic E-state index is 13.7. The molecule has 0 bridgehead atoms. The number of ether oxygens (including phenoxy) is 1. The van der Waals surface area contributed by atoms with Gasteiger partial charge in [0.05, 0.1) is 12.7 Å². The van der Waals surface area contributed by atoms with Crippen molar-refractivity contribution in [2.24, 2.45) is 0 Å². The van der Waals surface area contributed by atoms with Crippen LogP contribution >= 0.6 is 0 Å². The van der Waals surface area contributed by atoms with Gasteiger partial charge in [0.15, 0.2) is 0 Å². The Hall–Kier alpha value is -2.30. The van der Waals surface area contributed by atoms with E-state index in [-0.39, 0.29) is 11.1 Å². The van der Waals surface area contributed by atoms with Crippen molar-refractivity contribution in [2.75, 3.05) is 7.11 Å². The molecule has 0 saturated heterocycles. The number of carbonyl (C=O) groups excluding carboxylic acids is 1. The van der Waals surface area contributed by atoms with Crippen molar-refractivity contribution in [1.29, 1.82) is 0 Å². The molecule has 18 heavy (non-hydrogen) atoms. The third kappa shape index (κ3) is 2.20. The minimum Gasteiger partial charge on any atom is -0.465 e. The normalized spacial score (nSPS) is 10.2. The van der Waals surface area contributed by atoms with Crippen LogP contribution in [0.2, 0.25) is 0 Å². The lowest BCUT2D eigenvalue weighted by Gasteiger charge is -2.08. The molecule has 0 N–H and O–H groups in total. The monoisotopic (exact) mass is 249 g/mol. The zero-order valence-corrected chi connectivity index (χ0v) is 9.48. The van der Waals surface area contributed by atoms with E-state index in [0.29, 0.717) is 5.56 Å². The minimum atomic E-state index is -0.744. The molecule has 1 heterocycles. The predicted molar refractivity (Wildman–Crippen MR) is 60.9 cm³/mol. The van der Waals surface area contributed by atoms with Gasteiger partial charge in [-0.15, -0.1) is 0 Å². The summed E-state index contributed by atoms with van der Waals surface area (Å²) in [5, 5.41) is 0. The zero-order valence-electron chi connectivity index (χ0n) is 9.48. The summed E-state index contributed by atoms with van der Waals surface area (Å²) in [5.41, 5.74) is 0.569. The zero-order chi connectivity index (χ0) is 13.1. The molecule has 0 atom stereocenters. The number of nitrogens with zero attached hydrogens (tertiary/aromatic N) is 1. The summed E-state index contributed by atoms with van der Waals surface area (Å²) >= 11 is 0. The van der Waals surface area contributed by atoms with Crippen LogP contribution < -0.4 is 0 Å². The molecule has 0 saturated carbocycles. The highest BCUT2D eigenvalue weighted by atomic mass is 19.1. The van der Waals surface area contributed by atoms with Crippen molar-refractivity contribution in [3.05, 3.63) is 53.9 Å². The van der Waals surface area contributed by atoms with Crippen LogP contribution in [0.3, 0.4) is 0 Å². The second-order valence-corrected chi connectivity index (χ2v) is 3.54. The summed E-state index contributed by atoms with van der Waals surface area (Å²) in [6.45, 7) is 0. The molecular weight excluding hydrogens is 240 g/mol. The molecule has 0 unspecified atom stereocenters. The Balaban J connectivity index is 2.60. The highest BCUT2D eigenvalue weighted by Crippen LogP contribution is 2.26. The lowest BCUT2D eigenvalue weighted by molar-refractivity contribution is 0.0601. The summed E-state index contributed by atoms with van der Waals surface area (Å²) in [4.78, 5) is 15.3. The average molecular weight is 249 g/mol. The lowest BCUT2D eigenvalue weighted by atomic mass is 10.0. The molecule has 5 heteroatoms. The van der Waals surface area contributed by atoms with Crippen molar-refractivity contribution in [1.82, 2.24) is 4.98 Å². The van der Waals surface area contributed by atoms with E-state index in [1.165, 1.54) is 31.6 Å². The first-order chi connectivity index (χ1) is 8.63. The van der Waals surface area contributed by atoms with Crippen LogP contribution in [0, 0.1) is 11.6 Å². The number of methoxy groups -OCH3 is 1. The highest BCUT2D eigenvalue weighted by Gasteiger charge is 2.16. The number of rotatable bonds is 2. The van der Waals surface area contributed by atoms with Gasteiger partial charge < -0.3 is 4.74 Å². The van der Waals surface area contributed by atoms with E-state index in [2.05, 4.69) is 9.72 Å². The number of halogens is 2. The molecule has 0 amide bonds. The van der Waals surface area contributed by atoms with Gasteiger partial charge in [-0.05, 0) is 18.2 Å². The largest absolute Gasteiger partial charge is 0.465 e. The molecular formula is C13H9F2NO2. The quantitative estimate of drug-likeness (QED) is 0.768. The third-order valence-electron chi connectivity index (χ3n) is 2.45. The van der Waals surface area contributed by atoms with Crippen LogP contribution in [-0.2, 0) is 4.74 Å². The first-order valence-electron chi connectivity index (χ1n) is 5.11. The van der Waals surface area contributed by atoms with Gasteiger partial charge in [0.2, 0.25) is 0 Å². The van der Waals surface area contributed by atoms with E-state index in [4.69, 9.17) is 0 Å². The molecule has 0 aliphatic carbocycles. The van der Waals surface area contributed by atoms with E-state index in [1.54, 1.807) is 0 Å². The number of carbonyl (C=O) groups is 1. The minimum absolute atomic E-state index is 0.124. The molecule has 0 aliphatic rings. The Morgan fingerprint density at radius 2 is 2.00 bits per heavy atom. The van der Waals surface area contributed by atoms with Gasteiger partial charge in [-0.3, -0.25) is 4.98 Å². The van der Waals surface area contributed by atoms with Crippen molar-refractivity contribution in [2.45, 2.75) is 0 Å². The van der Waals surface area contributed by atoms with Crippen LogP contribution in [0.5, 0.6) is 0 Å². The van der Waals surface area contributed by atoms with E-state index < -0.39 is 17.6 Å². The van der Waals surface area contributed by atoms with Gasteiger partial charge in [0.25, 0.3) is 0 Å². The van der Waals surface area contributed by atoms with Crippen LogP contribution in [0.15, 0.2) is 36.7 Å². The number of benzene rings is 1. The molecule has 92 valence electrons. The van der Waals surface area contributed by atoms with Crippen molar-refractivity contribution >= 4 is 5.97 Å². The van der Waals surface area contributed by atoms with Crippen molar-refractivity contribution in [3.8, 4) is 11.1 Å². The second kappa shape index (κ2) is 4.91. The maximum absolute atomic E-state index is 13.7. The summed E-state index contributed by atoms with van der Waals surface area (Å²) < 4.78 is 31.1. The number of hydrogen-bond donors (Lipinski definition) is 0. The highest BCUT2D eigenvalue weighted by molar-refractivity contribution is 5.96. The number of esters is 1. The Morgan fingerprint density at radius 1 is 1.22 bits per heavy atom. The summed E-state index contributed by atoms with van der Waals surface area (Å²) in [6.07, 6.45) is 2.70. The number of aromatic nitrogens is 1. The Morgan fingerprint density at radius 3 is 2.67 bits per heavy atom. The maximum Gasteiger partial charge on any atom is 0.340 e. The van der Waals surface area contributed by atoms with E-state index in [0.717, 1.165) is 12.1 Å². The standard InChI is InChI=1S/C13H9F2NO2/c1-18-13(17)11-7-16-5-4-9(11)10-3-2-8(14)6-12(10)15/h2-7H,1H3. The summed E-state index contributed by atoms with van der Waals surface area (Å²) in [7, 11) is 1.22. The van der Waals surface area contributed by atoms with Gasteiger partial charge in [0, 0.05) is 29.6 Å². The molecule has 0 aliphatic heterocycles. The van der Waals surface area contributed by atoms with Crippen molar-refractivity contribution in [3.63, 3.8) is 0 Å². The van der Waals surface area contributed by atoms with E-state index in [1.807, 2.05) is 0 Å². The molecule has 3 nitrogen and oxygen atoms in total. The Kier molecular flexibility index (Phi) is 3.32. The molecule has 2 rings (SSSR count). The first-order valence-corrected chi connectivity index (χ1v) is 5.11. The van der Waals surface area contributed by atoms with E-state index in [9.17, 15) is 13.6 Å². The van der Waals surface area contributed by atoms with Gasteiger partial charge >= 0.3 is 5.97 Å². The van der Waals surface area contributed by atoms with E-state index >= 15 is 0 Å². The number of pyridine rings is 1. The van der Waals surface area contributed by atoms with Crippen molar-refractivity contribution < 1.29 is 18.3 Å². The summed E-state index contributed by atoms with van der Waals surface area (Å²) in [5.74, 6) is -2.04. The average Bonchev–Trinajstić information content (AvgIpc) is 2.38. The number of hydrogen-bond acceptors (Lipinski definition) is 3. The topological polar surface area (TPSA) is 39.2 Å². The Bertz CT molecular complexity index is 599. The molecule has 0 radical (unpaired) electrons. The molecule has 0 spiro atoms. The van der Waals surface area contributed by atoms with Crippen LogP contribution in [0.4, 0.5) is 8.78 Å². The predicted octanol–water partition coefficient (Wildman–Crippen LogP) is 2.81. The van der Waals surface area contributed by atoms with Gasteiger partial charge in [-0.25, -0.2) is 13.6 Å². The fourth-order valence-electron chi connectivity index (χ4n) is 1.61. The summed E-state index contributed by atoms with van der Waals surface area (Å²) in [6, 6.07) is 4.63. The lowest BCUT2D eigenvalue weighted by Crippen LogP contribution is -2.04. The third-order valence-corrected chi connectivity index (χ3v) is 2.45. The van der Waals surface area contributed by atoms with Crippen LogP contribution in [0.25, 0.3) is 11.1 Å². The van der Waals surface area contributed by atoms with Gasteiger partial charge in [0.1, 0.15) is 11.6 Å². The Labute approximate surface area is 102 Å². The smallest absolute Gasteiger partial charge is 0.340 e. The molecule has 0 fully saturated rings. The SMILES string of the molecule is COC(=O)c1cnccc1-c1ccc(F)cc1F. The fourth-order valence-corrected chi connectivity index (χ4v) is 1.61. The van der Waals surface area contributed by atoms with Crippen LogP contribution in [0.1, 0.15) is 10.4 Å². The molecule has 1 aromatic heterocycles. The fraction of sp³-hybridized carbons (Fsp3) is 0.0769. The molecule has 1 aromatic carbocycles. The second-order valence-electron chi connectivity index (χ2n) is 3.54. The first kappa shape index (κ1) is 12.2. The van der Waals surface area contributed by atoms with Gasteiger partial charge in [-0.1, -0.05) is 0 Å². The van der Waals surface area contributed by atoms with Gasteiger partial charge in [-0.2, -0.15) is 0 Å². The van der Waals surface area contributed by atoms with Crippen LogP contribution in [-0.4, -0.2) is 18.1 Å².